The van der Waals surface area contributed by atoms with Crippen LogP contribution in [0.5, 0.6) is 11.5 Å². The largest absolute Gasteiger partial charge is 0.505 e. The Balaban J connectivity index is 1.25. The van der Waals surface area contributed by atoms with Crippen LogP contribution in [0.3, 0.4) is 0 Å². The molecule has 0 unspecified atom stereocenters. The molecule has 20 nitrogen and oxygen atoms in total. The van der Waals surface area contributed by atoms with E-state index in [0.29, 0.717) is 23.3 Å². The van der Waals surface area contributed by atoms with Crippen molar-refractivity contribution in [3.05, 3.63) is 84.9 Å². The number of phenols is 2. The molecule has 6 rings (SSSR count). The molecule has 0 saturated carbocycles. The number of nitrogens with two attached hydrogens (primary N) is 2. The summed E-state index contributed by atoms with van der Waals surface area (Å²) in [5.41, 5.74) is 11.7. The second kappa shape index (κ2) is 13.9. The third kappa shape index (κ3) is 7.57. The van der Waals surface area contributed by atoms with Crippen molar-refractivity contribution in [2.24, 2.45) is 20.5 Å². The minimum atomic E-state index is -5.09. The Morgan fingerprint density at radius 1 is 0.411 bits per heavy atom. The van der Waals surface area contributed by atoms with Crippen molar-refractivity contribution in [2.75, 3.05) is 11.5 Å². The molecule has 0 atom stereocenters. The molecule has 10 N–H and O–H groups in total. The number of azo groups is 2. The van der Waals surface area contributed by atoms with Gasteiger partial charge in [0.2, 0.25) is 0 Å². The van der Waals surface area contributed by atoms with Crippen LogP contribution in [0.4, 0.5) is 34.1 Å². The zero-order valence-corrected chi connectivity index (χ0v) is 30.9. The number of hydrogen-bond acceptors (Lipinski definition) is 16. The first-order valence-electron chi connectivity index (χ1n) is 15.1. The van der Waals surface area contributed by atoms with Crippen molar-refractivity contribution < 1.29 is 62.1 Å². The maximum atomic E-state index is 11.9. The maximum absolute atomic E-state index is 11.9. The zero-order valence-electron chi connectivity index (χ0n) is 27.6. The van der Waals surface area contributed by atoms with E-state index in [1.165, 1.54) is 0 Å². The number of nitrogen functional groups attached to an aromatic ring is 2. The van der Waals surface area contributed by atoms with Crippen molar-refractivity contribution in [3.63, 3.8) is 0 Å². The highest BCUT2D eigenvalue weighted by atomic mass is 32.2. The minimum Gasteiger partial charge on any atom is -0.505 e. The van der Waals surface area contributed by atoms with E-state index in [-0.39, 0.29) is 33.5 Å². The number of phenolic OH excluding ortho intramolecular Hbond substituents is 2. The molecule has 6 aromatic rings. The van der Waals surface area contributed by atoms with Crippen LogP contribution in [0.1, 0.15) is 0 Å². The summed E-state index contributed by atoms with van der Waals surface area (Å²) in [5.74, 6) is -1.57. The van der Waals surface area contributed by atoms with Gasteiger partial charge in [0.05, 0.1) is 33.5 Å². The monoisotopic (exact) mass is 844 g/mol. The maximum Gasteiger partial charge on any atom is 0.296 e. The Bertz CT molecular complexity index is 2940. The lowest BCUT2D eigenvalue weighted by molar-refractivity contribution is 0.476. The molecule has 6 aromatic carbocycles. The average molecular weight is 845 g/mol. The smallest absolute Gasteiger partial charge is 0.296 e. The predicted molar refractivity (Wildman–Crippen MR) is 200 cm³/mol. The third-order valence-corrected chi connectivity index (χ3v) is 11.7. The molecule has 0 aliphatic carbocycles. The molecule has 0 aliphatic rings. The Hall–Kier alpha value is -6.12. The number of nitrogens with zero attached hydrogens (tertiary/aromatic N) is 4. The van der Waals surface area contributed by atoms with Crippen molar-refractivity contribution in [3.8, 4) is 22.6 Å². The highest BCUT2D eigenvalue weighted by Crippen LogP contribution is 2.45. The summed E-state index contributed by atoms with van der Waals surface area (Å²) in [6, 6.07) is 18.3. The van der Waals surface area contributed by atoms with Gasteiger partial charge in [-0.2, -0.15) is 43.9 Å². The van der Waals surface area contributed by atoms with Gasteiger partial charge in [-0.25, -0.2) is 0 Å². The predicted octanol–water partition coefficient (Wildman–Crippen LogP) is 6.05. The van der Waals surface area contributed by atoms with Gasteiger partial charge < -0.3 is 21.7 Å². The molecule has 0 saturated heterocycles. The highest BCUT2D eigenvalue weighted by molar-refractivity contribution is 7.87. The van der Waals surface area contributed by atoms with Crippen LogP contribution in [-0.4, -0.2) is 62.1 Å². The van der Waals surface area contributed by atoms with Gasteiger partial charge in [0.1, 0.15) is 31.0 Å². The first-order valence-corrected chi connectivity index (χ1v) is 20.8. The van der Waals surface area contributed by atoms with E-state index < -0.39 is 93.7 Å². The van der Waals surface area contributed by atoms with E-state index in [9.17, 15) is 62.1 Å². The number of fused-ring (bicyclic) bond motifs is 2. The molecular weight excluding hydrogens is 821 g/mol. The fourth-order valence-corrected chi connectivity index (χ4v) is 8.46. The fraction of sp³-hybridized carbons (Fsp3) is 0. The first-order chi connectivity index (χ1) is 26.0. The van der Waals surface area contributed by atoms with E-state index in [2.05, 4.69) is 20.5 Å². The van der Waals surface area contributed by atoms with E-state index >= 15 is 0 Å². The summed E-state index contributed by atoms with van der Waals surface area (Å²) < 4.78 is 134. The lowest BCUT2D eigenvalue weighted by Crippen LogP contribution is -2.08. The third-order valence-electron chi connectivity index (χ3n) is 8.16. The molecular formula is C32H24N6O14S4. The van der Waals surface area contributed by atoms with Gasteiger partial charge in [0.25, 0.3) is 40.5 Å². The summed E-state index contributed by atoms with van der Waals surface area (Å²) in [6.07, 6.45) is 0. The van der Waals surface area contributed by atoms with Crippen molar-refractivity contribution in [1.29, 1.82) is 0 Å². The molecule has 290 valence electrons. The lowest BCUT2D eigenvalue weighted by Gasteiger charge is -2.13. The summed E-state index contributed by atoms with van der Waals surface area (Å²) in [5, 5.41) is 35.9. The van der Waals surface area contributed by atoms with Gasteiger partial charge in [0.15, 0.2) is 11.5 Å². The molecule has 56 heavy (non-hydrogen) atoms. The highest BCUT2D eigenvalue weighted by Gasteiger charge is 2.28. The normalized spacial score (nSPS) is 13.0. The van der Waals surface area contributed by atoms with Crippen LogP contribution in [0.2, 0.25) is 0 Å². The second-order valence-corrected chi connectivity index (χ2v) is 17.2. The SMILES string of the molecule is Nc1c(S(=O)(=O)O)cc(S(=O)(=O)O)c2ccc(N=Nc3ccc(-c4ccc(/N=N/c5ccc6c(S(=O)(=O)O)cc(S(=O)(=O)O)c(N)c6c5O)cc4)cc3)c(O)c12. The quantitative estimate of drug-likeness (QED) is 0.0466. The summed E-state index contributed by atoms with van der Waals surface area (Å²) >= 11 is 0. The van der Waals surface area contributed by atoms with Crippen molar-refractivity contribution in [2.45, 2.75) is 19.6 Å². The number of anilines is 2. The Kier molecular flexibility index (Phi) is 9.80. The van der Waals surface area contributed by atoms with Crippen LogP contribution in [-0.2, 0) is 40.5 Å². The molecule has 0 bridgehead atoms. The number of hydrogen-bond donors (Lipinski definition) is 8. The minimum absolute atomic E-state index is 0.266. The van der Waals surface area contributed by atoms with Gasteiger partial charge in [-0.15, -0.1) is 10.2 Å². The van der Waals surface area contributed by atoms with Gasteiger partial charge in [-0.1, -0.05) is 36.4 Å². The van der Waals surface area contributed by atoms with Crippen molar-refractivity contribution >= 4 is 96.1 Å². The fourth-order valence-electron chi connectivity index (χ4n) is 5.59. The summed E-state index contributed by atoms with van der Waals surface area (Å²) in [4.78, 5) is -4.01. The molecule has 0 radical (unpaired) electrons. The topological polar surface area (TPSA) is 359 Å². The second-order valence-electron chi connectivity index (χ2n) is 11.7. The molecule has 0 fully saturated rings. The van der Waals surface area contributed by atoms with Crippen LogP contribution in [0, 0.1) is 0 Å². The van der Waals surface area contributed by atoms with Gasteiger partial charge in [-0.05, 0) is 59.7 Å². The number of benzene rings is 6. The first kappa shape index (κ1) is 39.6. The molecule has 24 heteroatoms. The lowest BCUT2D eigenvalue weighted by atomic mass is 10.1. The Labute approximate surface area is 316 Å². The zero-order chi connectivity index (χ0) is 41.1. The molecule has 0 aromatic heterocycles. The Morgan fingerprint density at radius 2 is 0.714 bits per heavy atom. The Morgan fingerprint density at radius 3 is 1.00 bits per heavy atom. The molecule has 0 heterocycles. The average Bonchev–Trinajstić information content (AvgIpc) is 3.09. The van der Waals surface area contributed by atoms with Gasteiger partial charge >= 0.3 is 0 Å². The van der Waals surface area contributed by atoms with E-state index in [1.807, 2.05) is 0 Å². The van der Waals surface area contributed by atoms with Crippen molar-refractivity contribution in [1.82, 2.24) is 0 Å². The molecule has 0 aliphatic heterocycles. The number of aromatic hydroxyl groups is 2. The standard InChI is InChI=1S/C32H24N6O14S4/c33-29-25(55(47,48)49)13-23(53(41,42)43)19-9-11-21(31(39)27(19)29)37-35-17-5-1-15(2-6-17)16-3-7-18(8-4-16)36-38-22-12-10-20-24(54(44,45)46)14-26(56(50,51)52)30(34)28(20)32(22)40/h1-14,39-40H,33-34H2,(H,41,42,43)(H,44,45,46)(H,47,48,49)(H,50,51,52)/b37-35+,38-36?. The van der Waals surface area contributed by atoms with Crippen LogP contribution < -0.4 is 11.5 Å². The van der Waals surface area contributed by atoms with Crippen LogP contribution in [0.25, 0.3) is 32.7 Å². The van der Waals surface area contributed by atoms with Gasteiger partial charge in [0, 0.05) is 10.8 Å². The molecule has 0 spiro atoms. The number of rotatable bonds is 9. The van der Waals surface area contributed by atoms with Crippen LogP contribution >= 0.6 is 0 Å². The summed E-state index contributed by atoms with van der Waals surface area (Å²) in [6.45, 7) is 0. The summed E-state index contributed by atoms with van der Waals surface area (Å²) in [7, 11) is -20.3. The van der Waals surface area contributed by atoms with Gasteiger partial charge in [-0.3, -0.25) is 18.2 Å². The van der Waals surface area contributed by atoms with E-state index in [4.69, 9.17) is 11.5 Å². The van der Waals surface area contributed by atoms with E-state index in [1.54, 1.807) is 48.5 Å². The van der Waals surface area contributed by atoms with E-state index in [0.717, 1.165) is 24.3 Å². The molecule has 0 amide bonds. The van der Waals surface area contributed by atoms with Crippen LogP contribution in [0.15, 0.2) is 125 Å².